The molecule has 0 amide bonds. The highest BCUT2D eigenvalue weighted by Crippen LogP contribution is 1.93. The van der Waals surface area contributed by atoms with Crippen molar-refractivity contribution in [3.8, 4) is 0 Å². The van der Waals surface area contributed by atoms with Crippen LogP contribution < -0.4 is 11.5 Å². The lowest BCUT2D eigenvalue weighted by molar-refractivity contribution is -0.138. The van der Waals surface area contributed by atoms with E-state index < -0.39 is 11.9 Å². The van der Waals surface area contributed by atoms with Gasteiger partial charge in [-0.15, -0.1) is 0 Å². The summed E-state index contributed by atoms with van der Waals surface area (Å²) >= 11 is 0. The zero-order chi connectivity index (χ0) is 11.3. The van der Waals surface area contributed by atoms with Crippen molar-refractivity contribution in [2.75, 3.05) is 14.1 Å². The minimum absolute atomic E-state index is 0.0632. The van der Waals surface area contributed by atoms with Crippen LogP contribution in [0, 0.1) is 0 Å². The van der Waals surface area contributed by atoms with Crippen LogP contribution >= 0.6 is 0 Å². The van der Waals surface area contributed by atoms with Crippen LogP contribution in [0.4, 0.5) is 0 Å². The summed E-state index contributed by atoms with van der Waals surface area (Å²) in [6, 6.07) is 0. The molecule has 80 valence electrons. The summed E-state index contributed by atoms with van der Waals surface area (Å²) < 4.78 is 0. The number of carboxylic acids is 2. The quantitative estimate of drug-likeness (QED) is 0.476. The molecule has 0 saturated heterocycles. The highest BCUT2D eigenvalue weighted by molar-refractivity contribution is 5.69. The molecule has 6 nitrogen and oxygen atoms in total. The fraction of sp³-hybridized carbons (Fsp3) is 0.714. The van der Waals surface area contributed by atoms with Crippen LogP contribution in [0.5, 0.6) is 0 Å². The lowest BCUT2D eigenvalue weighted by Crippen LogP contribution is -1.98. The third-order valence-corrected chi connectivity index (χ3v) is 0.781. The van der Waals surface area contributed by atoms with Crippen molar-refractivity contribution in [1.82, 2.24) is 0 Å². The van der Waals surface area contributed by atoms with Crippen molar-refractivity contribution in [3.63, 3.8) is 0 Å². The third-order valence-electron chi connectivity index (χ3n) is 0.781. The molecular formula is C7H18N2O4. The van der Waals surface area contributed by atoms with Gasteiger partial charge in [0.1, 0.15) is 0 Å². The van der Waals surface area contributed by atoms with Gasteiger partial charge in [0.25, 0.3) is 0 Å². The molecule has 0 aliphatic heterocycles. The van der Waals surface area contributed by atoms with Gasteiger partial charge in [0, 0.05) is 12.8 Å². The zero-order valence-electron chi connectivity index (χ0n) is 7.99. The number of hydrogen-bond acceptors (Lipinski definition) is 4. The molecule has 0 unspecified atom stereocenters. The van der Waals surface area contributed by atoms with Gasteiger partial charge >= 0.3 is 11.9 Å². The summed E-state index contributed by atoms with van der Waals surface area (Å²) in [5, 5.41) is 16.1. The number of hydrogen-bond donors (Lipinski definition) is 4. The second-order valence-corrected chi connectivity index (χ2v) is 1.64. The van der Waals surface area contributed by atoms with E-state index in [1.54, 1.807) is 0 Å². The van der Waals surface area contributed by atoms with E-state index in [4.69, 9.17) is 10.2 Å². The highest BCUT2D eigenvalue weighted by atomic mass is 16.4. The Labute approximate surface area is 77.5 Å². The molecule has 0 aliphatic carbocycles. The molecule has 0 fully saturated rings. The molecule has 0 heterocycles. The first kappa shape index (κ1) is 17.8. The molecule has 6 N–H and O–H groups in total. The van der Waals surface area contributed by atoms with E-state index >= 15 is 0 Å². The third kappa shape index (κ3) is 36.1. The fourth-order valence-electron chi connectivity index (χ4n) is 0.391. The van der Waals surface area contributed by atoms with Crippen LogP contribution in [0.3, 0.4) is 0 Å². The number of aliphatic carboxylic acids is 2. The Morgan fingerprint density at radius 1 is 0.923 bits per heavy atom. The molecule has 0 aromatic rings. The van der Waals surface area contributed by atoms with Crippen molar-refractivity contribution in [1.29, 1.82) is 0 Å². The summed E-state index contributed by atoms with van der Waals surface area (Å²) in [5.74, 6) is -1.90. The maximum Gasteiger partial charge on any atom is 0.303 e. The Morgan fingerprint density at radius 3 is 1.31 bits per heavy atom. The Morgan fingerprint density at radius 2 is 1.15 bits per heavy atom. The van der Waals surface area contributed by atoms with Gasteiger partial charge in [-0.25, -0.2) is 0 Å². The predicted molar refractivity (Wildman–Crippen MR) is 49.3 cm³/mol. The summed E-state index contributed by atoms with van der Waals surface area (Å²) in [4.78, 5) is 19.6. The van der Waals surface area contributed by atoms with Gasteiger partial charge in [0.2, 0.25) is 0 Å². The largest absolute Gasteiger partial charge is 0.481 e. The smallest absolute Gasteiger partial charge is 0.303 e. The van der Waals surface area contributed by atoms with Gasteiger partial charge in [-0.3, -0.25) is 9.59 Å². The first-order chi connectivity index (χ1) is 6.13. The SMILES string of the molecule is CN.CN.O=C(O)CCCC(=O)O. The van der Waals surface area contributed by atoms with Crippen molar-refractivity contribution in [2.45, 2.75) is 19.3 Å². The second-order valence-electron chi connectivity index (χ2n) is 1.64. The molecule has 0 rings (SSSR count). The van der Waals surface area contributed by atoms with Crippen LogP contribution in [0.25, 0.3) is 0 Å². The molecule has 0 atom stereocenters. The van der Waals surface area contributed by atoms with E-state index in [-0.39, 0.29) is 19.3 Å². The lowest BCUT2D eigenvalue weighted by atomic mass is 10.2. The standard InChI is InChI=1S/C5H8O4.2CH5N/c6-4(7)2-1-3-5(8)9;2*1-2/h1-3H2,(H,6,7)(H,8,9);2*2H2,1H3. The first-order valence-corrected chi connectivity index (χ1v) is 3.72. The van der Waals surface area contributed by atoms with Gasteiger partial charge in [-0.2, -0.15) is 0 Å². The van der Waals surface area contributed by atoms with Crippen molar-refractivity contribution < 1.29 is 19.8 Å². The van der Waals surface area contributed by atoms with Crippen molar-refractivity contribution in [3.05, 3.63) is 0 Å². The molecule has 0 radical (unpaired) electrons. The van der Waals surface area contributed by atoms with Crippen molar-refractivity contribution >= 4 is 11.9 Å². The van der Waals surface area contributed by atoms with Crippen LogP contribution in [-0.4, -0.2) is 36.2 Å². The van der Waals surface area contributed by atoms with Gasteiger partial charge in [0.15, 0.2) is 0 Å². The fourth-order valence-corrected chi connectivity index (χ4v) is 0.391. The van der Waals surface area contributed by atoms with Gasteiger partial charge in [-0.1, -0.05) is 0 Å². The lowest BCUT2D eigenvalue weighted by Gasteiger charge is -1.89. The Bertz CT molecular complexity index is 114. The van der Waals surface area contributed by atoms with Crippen LogP contribution in [0.2, 0.25) is 0 Å². The van der Waals surface area contributed by atoms with Gasteiger partial charge in [-0.05, 0) is 20.5 Å². The number of nitrogens with two attached hydrogens (primary N) is 2. The second kappa shape index (κ2) is 17.1. The number of rotatable bonds is 4. The van der Waals surface area contributed by atoms with Gasteiger partial charge < -0.3 is 21.7 Å². The molecular weight excluding hydrogens is 176 g/mol. The number of carbonyl (C=O) groups is 2. The van der Waals surface area contributed by atoms with Crippen LogP contribution in [-0.2, 0) is 9.59 Å². The first-order valence-electron chi connectivity index (χ1n) is 3.72. The van der Waals surface area contributed by atoms with E-state index in [0.717, 1.165) is 0 Å². The maximum atomic E-state index is 9.79. The Kier molecular flexibility index (Phi) is 23.4. The molecule has 0 saturated carbocycles. The van der Waals surface area contributed by atoms with E-state index in [9.17, 15) is 9.59 Å². The molecule has 0 aromatic heterocycles. The summed E-state index contributed by atoms with van der Waals surface area (Å²) in [6.07, 6.45) is 0.0866. The molecule has 0 aromatic carbocycles. The molecule has 13 heavy (non-hydrogen) atoms. The average Bonchev–Trinajstić information content (AvgIpc) is 2.10. The Balaban J connectivity index is -0.000000218. The highest BCUT2D eigenvalue weighted by Gasteiger charge is 1.99. The molecule has 0 bridgehead atoms. The monoisotopic (exact) mass is 194 g/mol. The zero-order valence-corrected chi connectivity index (χ0v) is 7.99. The van der Waals surface area contributed by atoms with Crippen LogP contribution in [0.15, 0.2) is 0 Å². The normalized spacial score (nSPS) is 7.08. The van der Waals surface area contributed by atoms with E-state index in [0.29, 0.717) is 0 Å². The number of carboxylic acid groups (broad SMARTS) is 2. The van der Waals surface area contributed by atoms with E-state index in [1.165, 1.54) is 14.1 Å². The summed E-state index contributed by atoms with van der Waals surface area (Å²) in [6.45, 7) is 0. The van der Waals surface area contributed by atoms with Crippen molar-refractivity contribution in [2.24, 2.45) is 11.5 Å². The minimum atomic E-state index is -0.948. The summed E-state index contributed by atoms with van der Waals surface area (Å²) in [7, 11) is 3.00. The van der Waals surface area contributed by atoms with E-state index in [2.05, 4.69) is 11.5 Å². The summed E-state index contributed by atoms with van der Waals surface area (Å²) in [5.41, 5.74) is 9.00. The predicted octanol–water partition coefficient (Wildman–Crippen LogP) is -0.524. The van der Waals surface area contributed by atoms with Crippen LogP contribution in [0.1, 0.15) is 19.3 Å². The molecule has 6 heteroatoms. The minimum Gasteiger partial charge on any atom is -0.481 e. The van der Waals surface area contributed by atoms with E-state index in [1.807, 2.05) is 0 Å². The van der Waals surface area contributed by atoms with Gasteiger partial charge in [0.05, 0.1) is 0 Å². The molecule has 0 aliphatic rings. The maximum absolute atomic E-state index is 9.79. The average molecular weight is 194 g/mol. The Hall–Kier alpha value is -1.14. The topological polar surface area (TPSA) is 127 Å². The molecule has 0 spiro atoms.